The van der Waals surface area contributed by atoms with E-state index in [9.17, 15) is 4.79 Å². The number of thiazole rings is 1. The molecule has 0 spiro atoms. The minimum atomic E-state index is -0.224. The second-order valence-electron chi connectivity index (χ2n) is 8.01. The van der Waals surface area contributed by atoms with Gasteiger partial charge in [-0.05, 0) is 51.7 Å². The highest BCUT2D eigenvalue weighted by atomic mass is 32.1. The summed E-state index contributed by atoms with van der Waals surface area (Å²) in [6.07, 6.45) is 4.90. The van der Waals surface area contributed by atoms with E-state index in [0.717, 1.165) is 42.9 Å². The molecule has 1 unspecified atom stereocenters. The highest BCUT2D eigenvalue weighted by molar-refractivity contribution is 7.14. The first-order valence-electron chi connectivity index (χ1n) is 10.2. The van der Waals surface area contributed by atoms with Crippen molar-refractivity contribution >= 4 is 22.4 Å². The lowest BCUT2D eigenvalue weighted by atomic mass is 10.2. The van der Waals surface area contributed by atoms with Crippen molar-refractivity contribution in [2.45, 2.75) is 58.1 Å². The van der Waals surface area contributed by atoms with Gasteiger partial charge in [0.25, 0.3) is 5.91 Å². The van der Waals surface area contributed by atoms with E-state index in [2.05, 4.69) is 45.0 Å². The number of hydrogen-bond acceptors (Lipinski definition) is 5. The van der Waals surface area contributed by atoms with Gasteiger partial charge in [-0.1, -0.05) is 0 Å². The number of carbonyl (C=O) groups excluding carboxylic acids is 1. The number of aryl methyl sites for hydroxylation is 1. The Morgan fingerprint density at radius 3 is 2.97 bits per heavy atom. The standard InChI is InChI=1S/C21H25N5O2S/c1-12-8-16(13(2)26(12)10-15-4-3-7-28-15)19-11-29-21(22-19)23-20(27)18-9-17(24-25-18)14-5-6-14/h8-9,11,14-15H,3-7,10H2,1-2H3,(H,24,25)(H,22,23,27). The number of nitrogens with one attached hydrogen (secondary N) is 2. The van der Waals surface area contributed by atoms with E-state index in [0.29, 0.717) is 22.8 Å². The Bertz CT molecular complexity index is 1040. The maximum Gasteiger partial charge on any atom is 0.277 e. The molecule has 1 saturated heterocycles. The number of ether oxygens (including phenoxy) is 1. The number of nitrogens with zero attached hydrogens (tertiary/aromatic N) is 3. The van der Waals surface area contributed by atoms with Crippen LogP contribution in [0.1, 0.15) is 59.2 Å². The van der Waals surface area contributed by atoms with Gasteiger partial charge in [0.05, 0.1) is 11.8 Å². The largest absolute Gasteiger partial charge is 0.376 e. The number of aromatic nitrogens is 4. The minimum absolute atomic E-state index is 0.224. The van der Waals surface area contributed by atoms with Crippen molar-refractivity contribution in [3.05, 3.63) is 40.3 Å². The normalized spacial score (nSPS) is 19.0. The van der Waals surface area contributed by atoms with Crippen LogP contribution in [0.15, 0.2) is 17.5 Å². The Morgan fingerprint density at radius 1 is 1.34 bits per heavy atom. The molecule has 29 heavy (non-hydrogen) atoms. The lowest BCUT2D eigenvalue weighted by Crippen LogP contribution is -2.16. The van der Waals surface area contributed by atoms with Crippen LogP contribution in [0, 0.1) is 13.8 Å². The van der Waals surface area contributed by atoms with Crippen molar-refractivity contribution in [1.29, 1.82) is 0 Å². The topological polar surface area (TPSA) is 84.8 Å². The van der Waals surface area contributed by atoms with Crippen LogP contribution in [-0.2, 0) is 11.3 Å². The summed E-state index contributed by atoms with van der Waals surface area (Å²) < 4.78 is 8.11. The predicted octanol–water partition coefficient (Wildman–Crippen LogP) is 4.26. The van der Waals surface area contributed by atoms with Crippen LogP contribution in [0.5, 0.6) is 0 Å². The average Bonchev–Trinajstić information content (AvgIpc) is 3.13. The van der Waals surface area contributed by atoms with Crippen molar-refractivity contribution in [2.75, 3.05) is 11.9 Å². The van der Waals surface area contributed by atoms with Crippen molar-refractivity contribution in [1.82, 2.24) is 19.7 Å². The van der Waals surface area contributed by atoms with Crippen molar-refractivity contribution in [3.63, 3.8) is 0 Å². The van der Waals surface area contributed by atoms with Crippen LogP contribution in [0.2, 0.25) is 0 Å². The van der Waals surface area contributed by atoms with E-state index < -0.39 is 0 Å². The molecular formula is C21H25N5O2S. The Balaban J connectivity index is 1.31. The molecule has 1 aliphatic carbocycles. The Kier molecular flexibility index (Phi) is 4.75. The molecule has 1 atom stereocenters. The zero-order chi connectivity index (χ0) is 20.0. The molecule has 1 aliphatic heterocycles. The van der Waals surface area contributed by atoms with Crippen LogP contribution >= 0.6 is 11.3 Å². The molecule has 2 fully saturated rings. The SMILES string of the molecule is Cc1cc(-c2csc(NC(=O)c3cc(C4CC4)[nH]n3)n2)c(C)n1CC1CCCO1. The number of carbonyl (C=O) groups is 1. The molecule has 7 nitrogen and oxygen atoms in total. The van der Waals surface area contributed by atoms with Gasteiger partial charge in [0, 0.05) is 47.1 Å². The summed E-state index contributed by atoms with van der Waals surface area (Å²) in [4.78, 5) is 17.1. The second-order valence-corrected chi connectivity index (χ2v) is 8.86. The smallest absolute Gasteiger partial charge is 0.277 e. The van der Waals surface area contributed by atoms with E-state index in [4.69, 9.17) is 4.74 Å². The molecule has 1 saturated carbocycles. The molecular weight excluding hydrogens is 386 g/mol. The van der Waals surface area contributed by atoms with E-state index >= 15 is 0 Å². The molecule has 3 aromatic heterocycles. The van der Waals surface area contributed by atoms with Crippen LogP contribution in [-0.4, -0.2) is 38.4 Å². The highest BCUT2D eigenvalue weighted by Gasteiger charge is 2.27. The molecule has 3 aromatic rings. The molecule has 5 rings (SSSR count). The molecule has 2 N–H and O–H groups in total. The Morgan fingerprint density at radius 2 is 2.21 bits per heavy atom. The van der Waals surface area contributed by atoms with Gasteiger partial charge < -0.3 is 9.30 Å². The Hall–Kier alpha value is -2.45. The lowest BCUT2D eigenvalue weighted by molar-refractivity contribution is 0.0962. The number of rotatable bonds is 6. The third-order valence-corrected chi connectivity index (χ3v) is 6.59. The fourth-order valence-electron chi connectivity index (χ4n) is 4.01. The molecule has 8 heteroatoms. The van der Waals surface area contributed by atoms with Crippen LogP contribution in [0.3, 0.4) is 0 Å². The summed E-state index contributed by atoms with van der Waals surface area (Å²) in [6.45, 7) is 5.99. The summed E-state index contributed by atoms with van der Waals surface area (Å²) in [7, 11) is 0. The number of amides is 1. The third-order valence-electron chi connectivity index (χ3n) is 5.83. The van der Waals surface area contributed by atoms with Gasteiger partial charge in [0.15, 0.2) is 10.8 Å². The van der Waals surface area contributed by atoms with Crippen molar-refractivity contribution in [2.24, 2.45) is 0 Å². The second kappa shape index (κ2) is 7.42. The van der Waals surface area contributed by atoms with E-state index in [1.807, 2.05) is 11.4 Å². The average molecular weight is 412 g/mol. The van der Waals surface area contributed by atoms with Gasteiger partial charge in [-0.2, -0.15) is 5.10 Å². The first-order valence-corrected chi connectivity index (χ1v) is 11.1. The molecule has 0 bridgehead atoms. The monoisotopic (exact) mass is 411 g/mol. The van der Waals surface area contributed by atoms with Crippen molar-refractivity contribution < 1.29 is 9.53 Å². The van der Waals surface area contributed by atoms with Crippen LogP contribution in [0.4, 0.5) is 5.13 Å². The van der Waals surface area contributed by atoms with E-state index in [1.165, 1.54) is 35.6 Å². The zero-order valence-electron chi connectivity index (χ0n) is 16.7. The molecule has 152 valence electrons. The number of aromatic amines is 1. The lowest BCUT2D eigenvalue weighted by Gasteiger charge is -2.14. The maximum atomic E-state index is 12.5. The summed E-state index contributed by atoms with van der Waals surface area (Å²) >= 11 is 1.43. The number of H-pyrrole nitrogens is 1. The van der Waals surface area contributed by atoms with Crippen LogP contribution < -0.4 is 5.32 Å². The minimum Gasteiger partial charge on any atom is -0.376 e. The van der Waals surface area contributed by atoms with Gasteiger partial charge >= 0.3 is 0 Å². The number of hydrogen-bond donors (Lipinski definition) is 2. The van der Waals surface area contributed by atoms with E-state index in [1.54, 1.807) is 0 Å². The summed E-state index contributed by atoms with van der Waals surface area (Å²) in [6, 6.07) is 4.01. The fourth-order valence-corrected chi connectivity index (χ4v) is 4.71. The van der Waals surface area contributed by atoms with Gasteiger partial charge in [0.2, 0.25) is 0 Å². The summed E-state index contributed by atoms with van der Waals surface area (Å²) in [5, 5.41) is 12.6. The molecule has 1 amide bonds. The van der Waals surface area contributed by atoms with Gasteiger partial charge in [-0.15, -0.1) is 11.3 Å². The molecule has 0 radical (unpaired) electrons. The summed E-state index contributed by atoms with van der Waals surface area (Å²) in [5.74, 6) is 0.318. The van der Waals surface area contributed by atoms with Gasteiger partial charge in [-0.3, -0.25) is 15.2 Å². The fraction of sp³-hybridized carbons (Fsp3) is 0.476. The van der Waals surface area contributed by atoms with E-state index in [-0.39, 0.29) is 5.91 Å². The third kappa shape index (κ3) is 3.74. The summed E-state index contributed by atoms with van der Waals surface area (Å²) in [5.41, 5.74) is 5.84. The molecule has 4 heterocycles. The molecule has 0 aromatic carbocycles. The van der Waals surface area contributed by atoms with Gasteiger partial charge in [0.1, 0.15) is 0 Å². The highest BCUT2D eigenvalue weighted by Crippen LogP contribution is 2.39. The quantitative estimate of drug-likeness (QED) is 0.635. The molecule has 2 aliphatic rings. The van der Waals surface area contributed by atoms with Crippen LogP contribution in [0.25, 0.3) is 11.3 Å². The predicted molar refractivity (Wildman–Crippen MR) is 113 cm³/mol. The zero-order valence-corrected chi connectivity index (χ0v) is 17.5. The first-order chi connectivity index (χ1) is 14.1. The van der Waals surface area contributed by atoms with Gasteiger partial charge in [-0.25, -0.2) is 4.98 Å². The Labute approximate surface area is 173 Å². The number of anilines is 1. The maximum absolute atomic E-state index is 12.5. The first kappa shape index (κ1) is 18.6. The van der Waals surface area contributed by atoms with Crippen molar-refractivity contribution in [3.8, 4) is 11.3 Å².